The highest BCUT2D eigenvalue weighted by Gasteiger charge is 2.70. The topological polar surface area (TPSA) is 0 Å². The fourth-order valence-corrected chi connectivity index (χ4v) is 11.0. The molecule has 4 atom stereocenters. The van der Waals surface area contributed by atoms with Crippen LogP contribution < -0.4 is 0 Å². The lowest BCUT2D eigenvalue weighted by Crippen LogP contribution is -2.62. The van der Waals surface area contributed by atoms with Gasteiger partial charge < -0.3 is 0 Å². The lowest BCUT2D eigenvalue weighted by Gasteiger charge is -2.60. The van der Waals surface area contributed by atoms with E-state index < -0.39 is 44.6 Å². The van der Waals surface area contributed by atoms with Gasteiger partial charge in [-0.15, -0.1) is 23.5 Å². The van der Waals surface area contributed by atoms with Crippen LogP contribution in [-0.2, 0) is 0 Å². The van der Waals surface area contributed by atoms with Crippen LogP contribution in [-0.4, -0.2) is 9.49 Å². The highest BCUT2D eigenvalue weighted by atomic mass is 32.2. The molecule has 3 aliphatic rings. The summed E-state index contributed by atoms with van der Waals surface area (Å²) in [5.74, 6) is -7.30. The molecule has 0 spiro atoms. The largest absolute Gasteiger partial charge is 0.203 e. The molecule has 196 valence electrons. The van der Waals surface area contributed by atoms with Crippen molar-refractivity contribution >= 4 is 33.3 Å². The third-order valence-electron chi connectivity index (χ3n) is 8.52. The van der Waals surface area contributed by atoms with E-state index in [1.807, 2.05) is 72.8 Å². The number of hydrogen-bond acceptors (Lipinski definition) is 2. The molecule has 0 bridgehead atoms. The molecule has 0 saturated heterocycles. The van der Waals surface area contributed by atoms with Gasteiger partial charge in [-0.2, -0.15) is 0 Å². The molecule has 1 aliphatic carbocycles. The second kappa shape index (κ2) is 9.06. The van der Waals surface area contributed by atoms with Crippen molar-refractivity contribution in [3.8, 4) is 0 Å². The molecule has 38 heavy (non-hydrogen) atoms. The zero-order valence-corrected chi connectivity index (χ0v) is 23.2. The van der Waals surface area contributed by atoms with E-state index in [1.165, 1.54) is 0 Å². The summed E-state index contributed by atoms with van der Waals surface area (Å²) in [6.07, 6.45) is 3.94. The molecule has 3 aromatic carbocycles. The molecular weight excluding hydrogens is 524 g/mol. The number of rotatable bonds is 4. The van der Waals surface area contributed by atoms with Crippen LogP contribution in [0.25, 0.3) is 9.81 Å². The Labute approximate surface area is 229 Å². The summed E-state index contributed by atoms with van der Waals surface area (Å²) >= 11 is 3.39. The van der Waals surface area contributed by atoms with Crippen LogP contribution in [0.1, 0.15) is 61.8 Å². The smallest absolute Gasteiger partial charge is 0.197 e. The van der Waals surface area contributed by atoms with Crippen LogP contribution in [0.2, 0.25) is 0 Å². The molecule has 2 heterocycles. The van der Waals surface area contributed by atoms with Crippen molar-refractivity contribution in [1.82, 2.24) is 0 Å². The molecule has 4 unspecified atom stereocenters. The van der Waals surface area contributed by atoms with Crippen LogP contribution in [0, 0.1) is 35.1 Å². The summed E-state index contributed by atoms with van der Waals surface area (Å²) < 4.78 is 60.2. The molecule has 6 heteroatoms. The highest BCUT2D eigenvalue weighted by Crippen LogP contribution is 2.77. The quantitative estimate of drug-likeness (QED) is 0.179. The van der Waals surface area contributed by atoms with Crippen LogP contribution in [0.5, 0.6) is 0 Å². The maximum Gasteiger partial charge on any atom is 0.197 e. The summed E-state index contributed by atoms with van der Waals surface area (Å²) in [6.45, 7) is 8.46. The summed E-state index contributed by atoms with van der Waals surface area (Å²) in [6, 6.07) is 19.7. The number of hydrogen-bond donors (Lipinski definition) is 0. The first-order valence-corrected chi connectivity index (χ1v) is 14.6. The molecule has 0 aromatic heterocycles. The lowest BCUT2D eigenvalue weighted by atomic mass is 9.56. The minimum Gasteiger partial charge on any atom is -0.203 e. The number of allylic oxidation sites excluding steroid dienone is 2. The van der Waals surface area contributed by atoms with Crippen molar-refractivity contribution < 1.29 is 17.6 Å². The van der Waals surface area contributed by atoms with E-state index in [1.54, 1.807) is 23.5 Å². The summed E-state index contributed by atoms with van der Waals surface area (Å²) in [7, 11) is 0. The molecule has 0 nitrogen and oxygen atoms in total. The molecule has 6 rings (SSSR count). The Kier molecular flexibility index (Phi) is 6.15. The van der Waals surface area contributed by atoms with Crippen molar-refractivity contribution in [3.05, 3.63) is 118 Å². The third-order valence-corrected chi connectivity index (χ3v) is 12.6. The Morgan fingerprint density at radius 2 is 0.895 bits per heavy atom. The van der Waals surface area contributed by atoms with E-state index in [4.69, 9.17) is 0 Å². The minimum atomic E-state index is -1.74. The van der Waals surface area contributed by atoms with Gasteiger partial charge in [-0.3, -0.25) is 0 Å². The van der Waals surface area contributed by atoms with Gasteiger partial charge in [-0.25, -0.2) is 17.6 Å². The van der Waals surface area contributed by atoms with Crippen LogP contribution >= 0.6 is 23.5 Å². The van der Waals surface area contributed by atoms with Crippen molar-refractivity contribution in [3.63, 3.8) is 0 Å². The predicted molar refractivity (Wildman–Crippen MR) is 151 cm³/mol. The van der Waals surface area contributed by atoms with E-state index in [0.29, 0.717) is 0 Å². The second-order valence-electron chi connectivity index (χ2n) is 10.9. The third kappa shape index (κ3) is 3.25. The van der Waals surface area contributed by atoms with Gasteiger partial charge in [0, 0.05) is 42.3 Å². The molecule has 0 N–H and O–H groups in total. The molecule has 0 fully saturated rings. The average molecular weight is 553 g/mol. The summed E-state index contributed by atoms with van der Waals surface area (Å²) in [4.78, 5) is 1.91. The van der Waals surface area contributed by atoms with Gasteiger partial charge >= 0.3 is 0 Å². The maximum atomic E-state index is 15.9. The van der Waals surface area contributed by atoms with Gasteiger partial charge in [0.2, 0.25) is 0 Å². The Balaban J connectivity index is 1.71. The number of halogens is 4. The summed E-state index contributed by atoms with van der Waals surface area (Å²) in [5, 5.41) is 0. The fraction of sp³-hybridized carbons (Fsp3) is 0.312. The lowest BCUT2D eigenvalue weighted by molar-refractivity contribution is 0.214. The Morgan fingerprint density at radius 3 is 1.21 bits per heavy atom. The van der Waals surface area contributed by atoms with E-state index in [-0.39, 0.29) is 23.0 Å². The molecule has 2 aliphatic heterocycles. The molecule has 0 radical (unpaired) electrons. The van der Waals surface area contributed by atoms with Crippen LogP contribution in [0.3, 0.4) is 0 Å². The Bertz CT molecular complexity index is 1370. The molecule has 0 amide bonds. The van der Waals surface area contributed by atoms with E-state index >= 15 is 8.78 Å². The highest BCUT2D eigenvalue weighted by molar-refractivity contribution is 8.14. The number of benzene rings is 3. The average Bonchev–Trinajstić information content (AvgIpc) is 3.53. The van der Waals surface area contributed by atoms with E-state index in [2.05, 4.69) is 27.7 Å². The first-order chi connectivity index (χ1) is 18.1. The van der Waals surface area contributed by atoms with Crippen molar-refractivity contribution in [2.45, 2.75) is 49.0 Å². The standard InChI is InChI=1S/C32H28F4S2/c1-17(2)31-21(15-23(37-31)19-11-7-5-8-12-19)25-26(28(34)30(36)29(35)27(25)33)22-16-24(20-13-9-6-10-14-20)38-32(22,31)18(3)4/h5-18,21-22H,1-4H3. The second-order valence-corrected chi connectivity index (χ2v) is 13.6. The summed E-state index contributed by atoms with van der Waals surface area (Å²) in [5.41, 5.74) is 1.88. The minimum absolute atomic E-state index is 0.000360. The molecule has 0 saturated carbocycles. The number of fused-ring (bicyclic) bond motifs is 6. The Morgan fingerprint density at radius 1 is 0.553 bits per heavy atom. The normalized spacial score (nSPS) is 27.7. The van der Waals surface area contributed by atoms with Crippen molar-refractivity contribution in [2.24, 2.45) is 11.8 Å². The van der Waals surface area contributed by atoms with Gasteiger partial charge in [0.15, 0.2) is 23.3 Å². The van der Waals surface area contributed by atoms with Gasteiger partial charge in [-0.05, 0) is 23.0 Å². The van der Waals surface area contributed by atoms with Gasteiger partial charge in [0.25, 0.3) is 0 Å². The van der Waals surface area contributed by atoms with Crippen molar-refractivity contribution in [1.29, 1.82) is 0 Å². The maximum absolute atomic E-state index is 15.9. The van der Waals surface area contributed by atoms with Gasteiger partial charge in [0.05, 0.1) is 0 Å². The SMILES string of the molecule is CC(C)C12SC(c3ccccc3)=CC1c1c(F)c(F)c(F)c(F)c1C1C=C(c3ccccc3)SC12C(C)C. The first-order valence-electron chi connectivity index (χ1n) is 12.9. The van der Waals surface area contributed by atoms with Crippen molar-refractivity contribution in [2.75, 3.05) is 0 Å². The number of thioether (sulfide) groups is 2. The Hall–Kier alpha value is -2.44. The van der Waals surface area contributed by atoms with E-state index in [9.17, 15) is 8.78 Å². The zero-order chi connectivity index (χ0) is 27.0. The molecular formula is C32H28F4S2. The van der Waals surface area contributed by atoms with Gasteiger partial charge in [-0.1, -0.05) is 101 Å². The fourth-order valence-electron chi connectivity index (χ4n) is 7.00. The van der Waals surface area contributed by atoms with Crippen LogP contribution in [0.4, 0.5) is 17.6 Å². The monoisotopic (exact) mass is 552 g/mol. The zero-order valence-electron chi connectivity index (χ0n) is 21.6. The molecule has 3 aromatic rings. The van der Waals surface area contributed by atoms with Gasteiger partial charge in [0.1, 0.15) is 0 Å². The van der Waals surface area contributed by atoms with Crippen LogP contribution in [0.15, 0.2) is 72.8 Å². The van der Waals surface area contributed by atoms with E-state index in [0.717, 1.165) is 20.9 Å². The first kappa shape index (κ1) is 25.8. The predicted octanol–water partition coefficient (Wildman–Crippen LogP) is 9.79.